The molecule has 0 radical (unpaired) electrons. The number of hydrogen-bond donors (Lipinski definition) is 1. The summed E-state index contributed by atoms with van der Waals surface area (Å²) in [5, 5.41) is 2.64. The van der Waals surface area contributed by atoms with E-state index in [2.05, 4.69) is 42.6 Å². The van der Waals surface area contributed by atoms with E-state index in [4.69, 9.17) is 0 Å². The summed E-state index contributed by atoms with van der Waals surface area (Å²) in [5.41, 5.74) is 4.59. The zero-order chi connectivity index (χ0) is 19.8. The summed E-state index contributed by atoms with van der Waals surface area (Å²) in [6.45, 7) is 6.29. The van der Waals surface area contributed by atoms with Crippen molar-refractivity contribution in [1.29, 1.82) is 0 Å². The quantitative estimate of drug-likeness (QED) is 0.755. The van der Waals surface area contributed by atoms with E-state index in [0.717, 1.165) is 16.9 Å². The Labute approximate surface area is 166 Å². The monoisotopic (exact) mass is 384 g/mol. The Hall–Kier alpha value is -2.27. The third-order valence-corrected chi connectivity index (χ3v) is 5.45. The molecular weight excluding hydrogens is 356 g/mol. The van der Waals surface area contributed by atoms with E-state index in [1.165, 1.54) is 11.1 Å². The normalized spacial score (nSPS) is 11.7. The van der Waals surface area contributed by atoms with Crippen LogP contribution in [0.4, 0.5) is 0 Å². The lowest BCUT2D eigenvalue weighted by Crippen LogP contribution is -2.47. The number of thioether (sulfide) groups is 1. The van der Waals surface area contributed by atoms with Crippen molar-refractivity contribution < 1.29 is 9.59 Å². The minimum Gasteiger partial charge on any atom is -0.357 e. The predicted molar refractivity (Wildman–Crippen MR) is 113 cm³/mol. The van der Waals surface area contributed by atoms with E-state index in [1.807, 2.05) is 25.1 Å². The van der Waals surface area contributed by atoms with Crippen molar-refractivity contribution in [3.63, 3.8) is 0 Å². The van der Waals surface area contributed by atoms with Gasteiger partial charge in [0.05, 0.1) is 5.75 Å². The maximum Gasteiger partial charge on any atom is 0.242 e. The Bertz CT molecular complexity index is 774. The first-order chi connectivity index (χ1) is 12.9. The van der Waals surface area contributed by atoms with Crippen molar-refractivity contribution in [1.82, 2.24) is 10.2 Å². The molecular formula is C22H28N2O2S. The lowest BCUT2D eigenvalue weighted by atomic mass is 10.1. The minimum atomic E-state index is -0.511. The summed E-state index contributed by atoms with van der Waals surface area (Å²) < 4.78 is 0. The molecule has 1 atom stereocenters. The molecule has 1 unspecified atom stereocenters. The Balaban J connectivity index is 2.03. The summed E-state index contributed by atoms with van der Waals surface area (Å²) in [7, 11) is 1.60. The molecule has 0 bridgehead atoms. The number of carbonyl (C=O) groups is 2. The standard InChI is InChI=1S/C22H28N2O2S/c1-16-8-10-19(11-9-16)14-27-15-21(25)24(18(3)22(26)23-4)13-20-7-5-6-17(2)12-20/h5-12,18H,13-15H2,1-4H3,(H,23,26). The number of aryl methyl sites for hydroxylation is 2. The van der Waals surface area contributed by atoms with Crippen molar-refractivity contribution >= 4 is 23.6 Å². The van der Waals surface area contributed by atoms with Crippen LogP contribution in [0.1, 0.15) is 29.2 Å². The second kappa shape index (κ2) is 10.2. The van der Waals surface area contributed by atoms with Gasteiger partial charge in [0.1, 0.15) is 6.04 Å². The van der Waals surface area contributed by atoms with Crippen LogP contribution in [0.25, 0.3) is 0 Å². The lowest BCUT2D eigenvalue weighted by Gasteiger charge is -2.28. The lowest BCUT2D eigenvalue weighted by molar-refractivity contribution is -0.138. The van der Waals surface area contributed by atoms with Crippen LogP contribution in [0.3, 0.4) is 0 Å². The molecule has 4 nitrogen and oxygen atoms in total. The number of nitrogens with one attached hydrogen (secondary N) is 1. The molecule has 0 saturated carbocycles. The molecule has 2 aromatic rings. The van der Waals surface area contributed by atoms with Crippen LogP contribution in [0, 0.1) is 13.8 Å². The number of nitrogens with zero attached hydrogens (tertiary/aromatic N) is 1. The molecule has 0 aliphatic heterocycles. The summed E-state index contributed by atoms with van der Waals surface area (Å²) >= 11 is 1.58. The molecule has 0 aliphatic rings. The number of rotatable bonds is 8. The first-order valence-corrected chi connectivity index (χ1v) is 10.3. The number of amides is 2. The maximum absolute atomic E-state index is 12.9. The number of benzene rings is 2. The van der Waals surface area contributed by atoms with Gasteiger partial charge in [-0.25, -0.2) is 0 Å². The SMILES string of the molecule is CNC(=O)C(C)N(Cc1cccc(C)c1)C(=O)CSCc1ccc(C)cc1. The summed E-state index contributed by atoms with van der Waals surface area (Å²) in [4.78, 5) is 26.7. The van der Waals surface area contributed by atoms with Crippen LogP contribution >= 0.6 is 11.8 Å². The Kier molecular flexibility index (Phi) is 7.92. The van der Waals surface area contributed by atoms with Gasteiger partial charge < -0.3 is 10.2 Å². The van der Waals surface area contributed by atoms with Crippen molar-refractivity contribution in [2.24, 2.45) is 0 Å². The highest BCUT2D eigenvalue weighted by atomic mass is 32.2. The number of carbonyl (C=O) groups excluding carboxylic acids is 2. The highest BCUT2D eigenvalue weighted by Crippen LogP contribution is 2.17. The van der Waals surface area contributed by atoms with Gasteiger partial charge in [-0.15, -0.1) is 11.8 Å². The van der Waals surface area contributed by atoms with Crippen LogP contribution in [0.5, 0.6) is 0 Å². The van der Waals surface area contributed by atoms with Gasteiger partial charge in [0.2, 0.25) is 11.8 Å². The van der Waals surface area contributed by atoms with E-state index in [9.17, 15) is 9.59 Å². The highest BCUT2D eigenvalue weighted by Gasteiger charge is 2.25. The van der Waals surface area contributed by atoms with Gasteiger partial charge in [-0.2, -0.15) is 0 Å². The molecule has 2 aromatic carbocycles. The van der Waals surface area contributed by atoms with E-state index in [0.29, 0.717) is 12.3 Å². The van der Waals surface area contributed by atoms with Crippen molar-refractivity contribution in [3.8, 4) is 0 Å². The van der Waals surface area contributed by atoms with Crippen molar-refractivity contribution in [2.75, 3.05) is 12.8 Å². The average molecular weight is 385 g/mol. The molecule has 1 N–H and O–H groups in total. The van der Waals surface area contributed by atoms with Crippen LogP contribution in [-0.2, 0) is 21.9 Å². The minimum absolute atomic E-state index is 0.0234. The fourth-order valence-corrected chi connectivity index (χ4v) is 3.69. The Morgan fingerprint density at radius 3 is 2.37 bits per heavy atom. The smallest absolute Gasteiger partial charge is 0.242 e. The molecule has 144 valence electrons. The van der Waals surface area contributed by atoms with Crippen LogP contribution in [0.2, 0.25) is 0 Å². The van der Waals surface area contributed by atoms with Crippen molar-refractivity contribution in [3.05, 3.63) is 70.8 Å². The third-order valence-electron chi connectivity index (χ3n) is 4.46. The van der Waals surface area contributed by atoms with Crippen LogP contribution in [-0.4, -0.2) is 35.6 Å². The van der Waals surface area contributed by atoms with Gasteiger partial charge in [-0.05, 0) is 31.9 Å². The fraction of sp³-hybridized carbons (Fsp3) is 0.364. The van der Waals surface area contributed by atoms with Gasteiger partial charge in [0.15, 0.2) is 0 Å². The Morgan fingerprint density at radius 2 is 1.74 bits per heavy atom. The van der Waals surface area contributed by atoms with Crippen LogP contribution in [0.15, 0.2) is 48.5 Å². The van der Waals surface area contributed by atoms with E-state index < -0.39 is 6.04 Å². The number of hydrogen-bond acceptors (Lipinski definition) is 3. The van der Waals surface area contributed by atoms with E-state index in [-0.39, 0.29) is 11.8 Å². The van der Waals surface area contributed by atoms with E-state index in [1.54, 1.807) is 30.6 Å². The largest absolute Gasteiger partial charge is 0.357 e. The van der Waals surface area contributed by atoms with Crippen molar-refractivity contribution in [2.45, 2.75) is 39.1 Å². The Morgan fingerprint density at radius 1 is 1.04 bits per heavy atom. The fourth-order valence-electron chi connectivity index (χ4n) is 2.82. The molecule has 5 heteroatoms. The third kappa shape index (κ3) is 6.43. The molecule has 0 spiro atoms. The summed E-state index contributed by atoms with van der Waals surface area (Å²) in [6, 6.07) is 15.9. The van der Waals surface area contributed by atoms with E-state index >= 15 is 0 Å². The molecule has 0 heterocycles. The molecule has 0 fully saturated rings. The molecule has 2 amide bonds. The maximum atomic E-state index is 12.9. The first-order valence-electron chi connectivity index (χ1n) is 9.10. The summed E-state index contributed by atoms with van der Waals surface area (Å²) in [5.74, 6) is 0.948. The number of likely N-dealkylation sites (N-methyl/N-ethyl adjacent to an activating group) is 1. The van der Waals surface area contributed by atoms with Gasteiger partial charge >= 0.3 is 0 Å². The van der Waals surface area contributed by atoms with Gasteiger partial charge in [0.25, 0.3) is 0 Å². The molecule has 0 aliphatic carbocycles. The highest BCUT2D eigenvalue weighted by molar-refractivity contribution is 7.99. The second-order valence-electron chi connectivity index (χ2n) is 6.78. The average Bonchev–Trinajstić information content (AvgIpc) is 2.66. The first kappa shape index (κ1) is 21.0. The van der Waals surface area contributed by atoms with Gasteiger partial charge in [0, 0.05) is 19.3 Å². The second-order valence-corrected chi connectivity index (χ2v) is 7.76. The predicted octanol–water partition coefficient (Wildman–Crippen LogP) is 3.70. The molecule has 0 aromatic heterocycles. The van der Waals surface area contributed by atoms with Crippen LogP contribution < -0.4 is 5.32 Å². The zero-order valence-electron chi connectivity index (χ0n) is 16.5. The van der Waals surface area contributed by atoms with Gasteiger partial charge in [-0.3, -0.25) is 9.59 Å². The summed E-state index contributed by atoms with van der Waals surface area (Å²) in [6.07, 6.45) is 0. The molecule has 0 saturated heterocycles. The zero-order valence-corrected chi connectivity index (χ0v) is 17.3. The molecule has 27 heavy (non-hydrogen) atoms. The molecule has 2 rings (SSSR count). The van der Waals surface area contributed by atoms with Gasteiger partial charge in [-0.1, -0.05) is 59.7 Å². The topological polar surface area (TPSA) is 49.4 Å².